The van der Waals surface area contributed by atoms with Crippen LogP contribution in [0, 0.1) is 0 Å². The Hall–Kier alpha value is -2.78. The van der Waals surface area contributed by atoms with Crippen molar-refractivity contribution >= 4 is 27.3 Å². The van der Waals surface area contributed by atoms with Gasteiger partial charge in [-0.3, -0.25) is 9.20 Å². The largest absolute Gasteiger partial charge is 0.312 e. The summed E-state index contributed by atoms with van der Waals surface area (Å²) >= 11 is 0. The van der Waals surface area contributed by atoms with Gasteiger partial charge in [0.1, 0.15) is 0 Å². The molecule has 0 radical (unpaired) electrons. The van der Waals surface area contributed by atoms with Gasteiger partial charge >= 0.3 is 0 Å². The molecular weight excluding hydrogens is 402 g/mol. The number of aromatic nitrogens is 3. The van der Waals surface area contributed by atoms with Gasteiger partial charge in [-0.05, 0) is 61.6 Å². The van der Waals surface area contributed by atoms with Crippen LogP contribution in [0.5, 0.6) is 0 Å². The summed E-state index contributed by atoms with van der Waals surface area (Å²) in [4.78, 5) is 13.9. The van der Waals surface area contributed by atoms with E-state index in [4.69, 9.17) is 0 Å². The van der Waals surface area contributed by atoms with E-state index >= 15 is 0 Å². The Bertz CT molecular complexity index is 1240. The monoisotopic (exact) mass is 425 g/mol. The lowest BCUT2D eigenvalue weighted by molar-refractivity contribution is -0.116. The van der Waals surface area contributed by atoms with Gasteiger partial charge in [-0.1, -0.05) is 6.07 Å². The zero-order valence-corrected chi connectivity index (χ0v) is 17.5. The molecule has 2 aliphatic rings. The number of amides is 1. The van der Waals surface area contributed by atoms with Crippen LogP contribution < -0.4 is 4.90 Å². The van der Waals surface area contributed by atoms with E-state index in [1.165, 1.54) is 6.92 Å². The number of fused-ring (bicyclic) bond motifs is 2. The van der Waals surface area contributed by atoms with Gasteiger partial charge in [0.2, 0.25) is 15.9 Å². The second kappa shape index (κ2) is 7.17. The van der Waals surface area contributed by atoms with E-state index in [1.54, 1.807) is 27.4 Å². The topological polar surface area (TPSA) is 87.9 Å². The van der Waals surface area contributed by atoms with E-state index in [-0.39, 0.29) is 16.8 Å². The summed E-state index contributed by atoms with van der Waals surface area (Å²) in [5, 5.41) is 8.49. The molecule has 1 fully saturated rings. The molecular formula is C21H23N5O3S. The van der Waals surface area contributed by atoms with Gasteiger partial charge in [0.05, 0.1) is 10.9 Å². The van der Waals surface area contributed by atoms with Crippen LogP contribution in [-0.4, -0.2) is 46.3 Å². The van der Waals surface area contributed by atoms with Crippen LogP contribution in [0.15, 0.2) is 47.5 Å². The number of rotatable bonds is 3. The molecule has 0 aliphatic carbocycles. The van der Waals surface area contributed by atoms with Gasteiger partial charge in [0.15, 0.2) is 11.5 Å². The Labute approximate surface area is 175 Å². The molecule has 2 aliphatic heterocycles. The van der Waals surface area contributed by atoms with E-state index in [1.807, 2.05) is 28.8 Å². The fourth-order valence-electron chi connectivity index (χ4n) is 4.57. The molecule has 5 rings (SSSR count). The number of pyridine rings is 1. The molecule has 0 saturated carbocycles. The molecule has 0 spiro atoms. The van der Waals surface area contributed by atoms with Crippen molar-refractivity contribution in [3.8, 4) is 0 Å². The number of benzene rings is 1. The maximum Gasteiger partial charge on any atom is 0.243 e. The summed E-state index contributed by atoms with van der Waals surface area (Å²) in [5.41, 5.74) is 2.42. The third-order valence-corrected chi connectivity index (χ3v) is 7.90. The van der Waals surface area contributed by atoms with Crippen LogP contribution >= 0.6 is 0 Å². The minimum Gasteiger partial charge on any atom is -0.312 e. The van der Waals surface area contributed by atoms with Gasteiger partial charge < -0.3 is 4.90 Å². The first kappa shape index (κ1) is 19.2. The lowest BCUT2D eigenvalue weighted by atomic mass is 10.0. The van der Waals surface area contributed by atoms with Crippen LogP contribution in [0.3, 0.4) is 0 Å². The molecule has 9 heteroatoms. The SMILES string of the molecule is CC(=O)N1CCCc2cc(S(=O)(=O)N3CCCC3c3nnc4ccccn34)ccc21. The average molecular weight is 426 g/mol. The minimum absolute atomic E-state index is 0.0233. The van der Waals surface area contributed by atoms with Gasteiger partial charge in [-0.25, -0.2) is 8.42 Å². The number of carbonyl (C=O) groups is 1. The Morgan fingerprint density at radius 3 is 2.80 bits per heavy atom. The van der Waals surface area contributed by atoms with Gasteiger partial charge in [0, 0.05) is 31.9 Å². The Morgan fingerprint density at radius 2 is 1.97 bits per heavy atom. The Kier molecular flexibility index (Phi) is 4.59. The number of hydrogen-bond donors (Lipinski definition) is 0. The van der Waals surface area contributed by atoms with Crippen LogP contribution in [0.4, 0.5) is 5.69 Å². The second-order valence-corrected chi connectivity index (χ2v) is 9.72. The van der Waals surface area contributed by atoms with Gasteiger partial charge in [-0.15, -0.1) is 10.2 Å². The highest BCUT2D eigenvalue weighted by Gasteiger charge is 2.39. The molecule has 8 nitrogen and oxygen atoms in total. The van der Waals surface area contributed by atoms with Crippen molar-refractivity contribution in [1.29, 1.82) is 0 Å². The molecule has 2 aromatic heterocycles. The van der Waals surface area contributed by atoms with Gasteiger partial charge in [-0.2, -0.15) is 4.31 Å². The molecule has 0 N–H and O–H groups in total. The van der Waals surface area contributed by atoms with E-state index in [0.717, 1.165) is 30.5 Å². The molecule has 3 aromatic rings. The van der Waals surface area contributed by atoms with Crippen molar-refractivity contribution in [3.63, 3.8) is 0 Å². The zero-order chi connectivity index (χ0) is 20.9. The predicted molar refractivity (Wildman–Crippen MR) is 112 cm³/mol. The van der Waals surface area contributed by atoms with Crippen LogP contribution in [0.1, 0.15) is 43.6 Å². The maximum absolute atomic E-state index is 13.6. The van der Waals surface area contributed by atoms with Crippen LogP contribution in [0.2, 0.25) is 0 Å². The predicted octanol–water partition coefficient (Wildman–Crippen LogP) is 2.55. The highest BCUT2D eigenvalue weighted by molar-refractivity contribution is 7.89. The number of carbonyl (C=O) groups excluding carboxylic acids is 1. The number of aryl methyl sites for hydroxylation is 1. The Balaban J connectivity index is 1.52. The Morgan fingerprint density at radius 1 is 1.10 bits per heavy atom. The number of sulfonamides is 1. The first-order chi connectivity index (χ1) is 14.5. The highest BCUT2D eigenvalue weighted by atomic mass is 32.2. The molecule has 4 heterocycles. The number of hydrogen-bond acceptors (Lipinski definition) is 5. The molecule has 1 atom stereocenters. The molecule has 1 aromatic carbocycles. The molecule has 1 unspecified atom stereocenters. The normalized spacial score (nSPS) is 19.9. The van der Waals surface area contributed by atoms with Crippen LogP contribution in [0.25, 0.3) is 5.65 Å². The molecule has 0 bridgehead atoms. The van der Waals surface area contributed by atoms with Crippen LogP contribution in [-0.2, 0) is 21.2 Å². The van der Waals surface area contributed by atoms with Crippen molar-refractivity contribution in [1.82, 2.24) is 18.9 Å². The van der Waals surface area contributed by atoms with E-state index in [0.29, 0.717) is 31.0 Å². The summed E-state index contributed by atoms with van der Waals surface area (Å²) in [6.45, 7) is 2.66. The number of anilines is 1. The first-order valence-corrected chi connectivity index (χ1v) is 11.6. The molecule has 1 amide bonds. The van der Waals surface area contributed by atoms with E-state index in [2.05, 4.69) is 10.2 Å². The summed E-state index contributed by atoms with van der Waals surface area (Å²) in [5.74, 6) is 0.622. The van der Waals surface area contributed by atoms with Crippen molar-refractivity contribution in [2.24, 2.45) is 0 Å². The fraction of sp³-hybridized carbons (Fsp3) is 0.381. The maximum atomic E-state index is 13.6. The third-order valence-electron chi connectivity index (χ3n) is 6.00. The van der Waals surface area contributed by atoms with Crippen molar-refractivity contribution in [2.75, 3.05) is 18.0 Å². The standard InChI is InChI=1S/C21H23N5O3S/c1-15(27)24-12-4-6-16-14-17(9-10-18(16)24)30(28,29)26-13-5-7-19(26)21-23-22-20-8-2-3-11-25(20)21/h2-3,8-11,14,19H,4-7,12-13H2,1H3. The quantitative estimate of drug-likeness (QED) is 0.644. The highest BCUT2D eigenvalue weighted by Crippen LogP contribution is 2.37. The van der Waals surface area contributed by atoms with E-state index < -0.39 is 10.0 Å². The average Bonchev–Trinajstić information content (AvgIpc) is 3.39. The second-order valence-electron chi connectivity index (χ2n) is 7.83. The molecule has 1 saturated heterocycles. The lowest BCUT2D eigenvalue weighted by Crippen LogP contribution is -2.34. The fourth-order valence-corrected chi connectivity index (χ4v) is 6.28. The molecule has 30 heavy (non-hydrogen) atoms. The molecule has 156 valence electrons. The van der Waals surface area contributed by atoms with Crippen molar-refractivity contribution in [3.05, 3.63) is 54.0 Å². The lowest BCUT2D eigenvalue weighted by Gasteiger charge is -2.29. The minimum atomic E-state index is -3.70. The van der Waals surface area contributed by atoms with E-state index in [9.17, 15) is 13.2 Å². The number of nitrogens with zero attached hydrogens (tertiary/aromatic N) is 5. The first-order valence-electron chi connectivity index (χ1n) is 10.2. The summed E-state index contributed by atoms with van der Waals surface area (Å²) in [7, 11) is -3.70. The van der Waals surface area contributed by atoms with Gasteiger partial charge in [0.25, 0.3) is 0 Å². The zero-order valence-electron chi connectivity index (χ0n) is 16.7. The van der Waals surface area contributed by atoms with Crippen molar-refractivity contribution < 1.29 is 13.2 Å². The summed E-state index contributed by atoms with van der Waals surface area (Å²) in [6, 6.07) is 10.4. The summed E-state index contributed by atoms with van der Waals surface area (Å²) < 4.78 is 30.5. The summed E-state index contributed by atoms with van der Waals surface area (Å²) in [6.07, 6.45) is 4.94. The smallest absolute Gasteiger partial charge is 0.243 e. The van der Waals surface area contributed by atoms with Crippen molar-refractivity contribution in [2.45, 2.75) is 43.5 Å². The third kappa shape index (κ3) is 3.00.